The summed E-state index contributed by atoms with van der Waals surface area (Å²) in [5.74, 6) is -0.164. The van der Waals surface area contributed by atoms with E-state index >= 15 is 0 Å². The molecule has 0 aromatic heterocycles. The molecule has 0 saturated heterocycles. The van der Waals surface area contributed by atoms with Gasteiger partial charge >= 0.3 is 0 Å². The van der Waals surface area contributed by atoms with Crippen LogP contribution in [0.3, 0.4) is 0 Å². The van der Waals surface area contributed by atoms with Crippen LogP contribution in [0.2, 0.25) is 0 Å². The lowest BCUT2D eigenvalue weighted by molar-refractivity contribution is -0.123. The summed E-state index contributed by atoms with van der Waals surface area (Å²) in [6.07, 6.45) is 0. The third-order valence-electron chi connectivity index (χ3n) is 4.68. The molecular formula is C24H24N2O3. The van der Waals surface area contributed by atoms with E-state index < -0.39 is 0 Å². The largest absolute Gasteiger partial charge is 0.483 e. The summed E-state index contributed by atoms with van der Waals surface area (Å²) < 4.78 is 5.63. The molecule has 2 N–H and O–H groups in total. The van der Waals surface area contributed by atoms with Crippen molar-refractivity contribution in [2.45, 2.75) is 20.4 Å². The average molecular weight is 388 g/mol. The number of benzene rings is 3. The molecule has 0 fully saturated rings. The maximum Gasteiger partial charge on any atom is 0.259 e. The quantitative estimate of drug-likeness (QED) is 0.636. The van der Waals surface area contributed by atoms with Gasteiger partial charge in [0.15, 0.2) is 6.61 Å². The molecule has 0 bridgehead atoms. The normalized spacial score (nSPS) is 10.3. The molecule has 0 aliphatic rings. The number of anilines is 1. The van der Waals surface area contributed by atoms with Crippen molar-refractivity contribution in [3.8, 4) is 5.75 Å². The van der Waals surface area contributed by atoms with Gasteiger partial charge in [-0.2, -0.15) is 0 Å². The molecule has 0 unspecified atom stereocenters. The van der Waals surface area contributed by atoms with Crippen molar-refractivity contribution in [1.29, 1.82) is 0 Å². The number of carbonyl (C=O) groups is 2. The molecule has 5 heteroatoms. The molecule has 0 heterocycles. The number of rotatable bonds is 7. The van der Waals surface area contributed by atoms with Crippen molar-refractivity contribution in [3.63, 3.8) is 0 Å². The monoisotopic (exact) mass is 388 g/mol. The summed E-state index contributed by atoms with van der Waals surface area (Å²) in [4.78, 5) is 24.9. The van der Waals surface area contributed by atoms with Gasteiger partial charge in [0.1, 0.15) is 5.75 Å². The molecule has 0 aliphatic carbocycles. The summed E-state index contributed by atoms with van der Waals surface area (Å²) >= 11 is 0. The van der Waals surface area contributed by atoms with E-state index in [1.54, 1.807) is 24.3 Å². The van der Waals surface area contributed by atoms with Crippen LogP contribution in [0.1, 0.15) is 27.0 Å². The molecule has 0 saturated carbocycles. The van der Waals surface area contributed by atoms with Crippen LogP contribution in [0.25, 0.3) is 0 Å². The number of hydrogen-bond donors (Lipinski definition) is 2. The third kappa shape index (κ3) is 5.45. The average Bonchev–Trinajstić information content (AvgIpc) is 2.75. The van der Waals surface area contributed by atoms with Gasteiger partial charge in [-0.3, -0.25) is 9.59 Å². The zero-order chi connectivity index (χ0) is 20.6. The van der Waals surface area contributed by atoms with E-state index in [0.29, 0.717) is 17.9 Å². The second-order valence-corrected chi connectivity index (χ2v) is 6.75. The fraction of sp³-hybridized carbons (Fsp3) is 0.167. The lowest BCUT2D eigenvalue weighted by Gasteiger charge is -2.13. The number of ether oxygens (including phenoxy) is 1. The Kier molecular flexibility index (Phi) is 6.63. The molecule has 3 aromatic carbocycles. The number of para-hydroxylation sites is 1. The summed E-state index contributed by atoms with van der Waals surface area (Å²) in [6, 6.07) is 22.3. The second-order valence-electron chi connectivity index (χ2n) is 6.75. The first-order chi connectivity index (χ1) is 14.0. The van der Waals surface area contributed by atoms with Gasteiger partial charge in [0.25, 0.3) is 11.8 Å². The van der Waals surface area contributed by atoms with Crippen molar-refractivity contribution in [3.05, 3.63) is 95.1 Å². The molecule has 3 aromatic rings. The van der Waals surface area contributed by atoms with Crippen LogP contribution in [0, 0.1) is 13.8 Å². The minimum atomic E-state index is -0.279. The number of carbonyl (C=O) groups excluding carboxylic acids is 2. The number of nitrogens with one attached hydrogen (secondary N) is 2. The minimum Gasteiger partial charge on any atom is -0.483 e. The van der Waals surface area contributed by atoms with Crippen LogP contribution in [-0.2, 0) is 11.3 Å². The standard InChI is InChI=1S/C24H24N2O3/c1-17-9-8-13-21(18(17)2)26-24(28)20-12-6-7-14-22(20)29-16-23(27)25-15-19-10-4-3-5-11-19/h3-14H,15-16H2,1-2H3,(H,25,27)(H,26,28). The van der Waals surface area contributed by atoms with Crippen LogP contribution >= 0.6 is 0 Å². The molecule has 2 amide bonds. The third-order valence-corrected chi connectivity index (χ3v) is 4.68. The highest BCUT2D eigenvalue weighted by atomic mass is 16.5. The van der Waals surface area contributed by atoms with Crippen molar-refractivity contribution in [1.82, 2.24) is 5.32 Å². The first kappa shape index (κ1) is 20.1. The Balaban J connectivity index is 1.61. The van der Waals surface area contributed by atoms with Gasteiger partial charge in [0.05, 0.1) is 5.56 Å². The Bertz CT molecular complexity index is 1000. The minimum absolute atomic E-state index is 0.166. The first-order valence-electron chi connectivity index (χ1n) is 9.44. The molecule has 5 nitrogen and oxygen atoms in total. The smallest absolute Gasteiger partial charge is 0.259 e. The van der Waals surface area contributed by atoms with Crippen molar-refractivity contribution in [2.75, 3.05) is 11.9 Å². The summed E-state index contributed by atoms with van der Waals surface area (Å²) in [6.45, 7) is 4.22. The van der Waals surface area contributed by atoms with E-state index in [4.69, 9.17) is 4.74 Å². The Morgan fingerprint density at radius 2 is 1.59 bits per heavy atom. The zero-order valence-corrected chi connectivity index (χ0v) is 16.6. The van der Waals surface area contributed by atoms with Gasteiger partial charge in [0.2, 0.25) is 0 Å². The molecule has 0 radical (unpaired) electrons. The van der Waals surface area contributed by atoms with Crippen LogP contribution in [0.15, 0.2) is 72.8 Å². The molecule has 0 atom stereocenters. The van der Waals surface area contributed by atoms with Crippen molar-refractivity contribution < 1.29 is 14.3 Å². The molecule has 3 rings (SSSR count). The Labute approximate surface area is 170 Å². The topological polar surface area (TPSA) is 67.4 Å². The maximum absolute atomic E-state index is 12.8. The van der Waals surface area contributed by atoms with Crippen molar-refractivity contribution in [2.24, 2.45) is 0 Å². The van der Waals surface area contributed by atoms with E-state index in [1.165, 1.54) is 0 Å². The zero-order valence-electron chi connectivity index (χ0n) is 16.6. The Morgan fingerprint density at radius 1 is 0.862 bits per heavy atom. The van der Waals surface area contributed by atoms with Crippen LogP contribution in [0.4, 0.5) is 5.69 Å². The number of hydrogen-bond acceptors (Lipinski definition) is 3. The molecule has 29 heavy (non-hydrogen) atoms. The lowest BCUT2D eigenvalue weighted by atomic mass is 10.1. The molecule has 0 spiro atoms. The van der Waals surface area contributed by atoms with Gasteiger partial charge in [-0.25, -0.2) is 0 Å². The van der Waals surface area contributed by atoms with E-state index in [2.05, 4.69) is 10.6 Å². The maximum atomic E-state index is 12.8. The Morgan fingerprint density at radius 3 is 2.38 bits per heavy atom. The van der Waals surface area contributed by atoms with Gasteiger partial charge in [-0.05, 0) is 48.7 Å². The van der Waals surface area contributed by atoms with Gasteiger partial charge in [0, 0.05) is 12.2 Å². The Hall–Kier alpha value is -3.60. The summed E-state index contributed by atoms with van der Waals surface area (Å²) in [5.41, 5.74) is 4.26. The fourth-order valence-electron chi connectivity index (χ4n) is 2.85. The van der Waals surface area contributed by atoms with E-state index in [1.807, 2.05) is 62.4 Å². The van der Waals surface area contributed by atoms with E-state index in [-0.39, 0.29) is 18.4 Å². The van der Waals surface area contributed by atoms with E-state index in [0.717, 1.165) is 22.4 Å². The second kappa shape index (κ2) is 9.55. The number of amides is 2. The highest BCUT2D eigenvalue weighted by molar-refractivity contribution is 6.06. The highest BCUT2D eigenvalue weighted by Gasteiger charge is 2.14. The summed E-state index contributed by atoms with van der Waals surface area (Å²) in [5, 5.41) is 5.73. The van der Waals surface area contributed by atoms with Crippen LogP contribution in [-0.4, -0.2) is 18.4 Å². The predicted molar refractivity (Wildman–Crippen MR) is 114 cm³/mol. The fourth-order valence-corrected chi connectivity index (χ4v) is 2.85. The molecule has 0 aliphatic heterocycles. The lowest BCUT2D eigenvalue weighted by Crippen LogP contribution is -2.28. The van der Waals surface area contributed by atoms with Crippen LogP contribution in [0.5, 0.6) is 5.75 Å². The highest BCUT2D eigenvalue weighted by Crippen LogP contribution is 2.22. The molecular weight excluding hydrogens is 364 g/mol. The van der Waals surface area contributed by atoms with E-state index in [9.17, 15) is 9.59 Å². The predicted octanol–water partition coefficient (Wildman–Crippen LogP) is 4.25. The van der Waals surface area contributed by atoms with Crippen molar-refractivity contribution >= 4 is 17.5 Å². The van der Waals surface area contributed by atoms with Gasteiger partial charge < -0.3 is 15.4 Å². The SMILES string of the molecule is Cc1cccc(NC(=O)c2ccccc2OCC(=O)NCc2ccccc2)c1C. The molecule has 148 valence electrons. The van der Waals surface area contributed by atoms with Gasteiger partial charge in [-0.1, -0.05) is 54.6 Å². The van der Waals surface area contributed by atoms with Crippen LogP contribution < -0.4 is 15.4 Å². The number of aryl methyl sites for hydroxylation is 1. The first-order valence-corrected chi connectivity index (χ1v) is 9.44. The van der Waals surface area contributed by atoms with Gasteiger partial charge in [-0.15, -0.1) is 0 Å². The summed E-state index contributed by atoms with van der Waals surface area (Å²) in [7, 11) is 0.